The molecular formula is C20H20F3NO3S. The van der Waals surface area contributed by atoms with Crippen molar-refractivity contribution in [3.05, 3.63) is 59.4 Å². The summed E-state index contributed by atoms with van der Waals surface area (Å²) >= 11 is 0.892. The summed E-state index contributed by atoms with van der Waals surface area (Å²) in [5.41, 5.74) is -0.283. The maximum absolute atomic E-state index is 14.2. The van der Waals surface area contributed by atoms with Crippen molar-refractivity contribution in [3.63, 3.8) is 0 Å². The van der Waals surface area contributed by atoms with Gasteiger partial charge in [-0.3, -0.25) is 9.59 Å². The molecule has 0 bridgehead atoms. The first-order valence-corrected chi connectivity index (χ1v) is 9.50. The fourth-order valence-corrected chi connectivity index (χ4v) is 3.42. The Kier molecular flexibility index (Phi) is 7.51. The monoisotopic (exact) mass is 411 g/mol. The van der Waals surface area contributed by atoms with E-state index in [4.69, 9.17) is 4.74 Å². The van der Waals surface area contributed by atoms with Gasteiger partial charge in [0.2, 0.25) is 0 Å². The first-order valence-electron chi connectivity index (χ1n) is 8.62. The molecule has 4 nitrogen and oxygen atoms in total. The number of amides is 1. The average Bonchev–Trinajstić information content (AvgIpc) is 2.62. The molecule has 0 aromatic heterocycles. The van der Waals surface area contributed by atoms with Gasteiger partial charge in [0.1, 0.15) is 22.7 Å². The molecule has 1 atom stereocenters. The molecule has 0 aliphatic rings. The number of carbonyl (C=O) groups is 2. The van der Waals surface area contributed by atoms with Gasteiger partial charge in [-0.05, 0) is 37.1 Å². The Morgan fingerprint density at radius 1 is 1.11 bits per heavy atom. The molecule has 0 saturated heterocycles. The number of rotatable bonds is 7. The lowest BCUT2D eigenvalue weighted by Crippen LogP contribution is -2.25. The molecule has 0 heterocycles. The lowest BCUT2D eigenvalue weighted by molar-refractivity contribution is -0.143. The zero-order valence-electron chi connectivity index (χ0n) is 15.6. The molecule has 1 amide bonds. The molecule has 1 unspecified atom stereocenters. The van der Waals surface area contributed by atoms with Gasteiger partial charge in [0.05, 0.1) is 12.3 Å². The molecule has 2 rings (SSSR count). The zero-order chi connectivity index (χ0) is 20.8. The van der Waals surface area contributed by atoms with Crippen LogP contribution in [0.5, 0.6) is 0 Å². The van der Waals surface area contributed by atoms with E-state index in [1.54, 1.807) is 20.8 Å². The van der Waals surface area contributed by atoms with Crippen LogP contribution in [0.15, 0.2) is 41.3 Å². The van der Waals surface area contributed by atoms with Gasteiger partial charge in [-0.2, -0.15) is 0 Å². The van der Waals surface area contributed by atoms with Gasteiger partial charge in [-0.15, -0.1) is 11.8 Å². The van der Waals surface area contributed by atoms with Gasteiger partial charge in [0.15, 0.2) is 0 Å². The van der Waals surface area contributed by atoms with E-state index in [2.05, 4.69) is 5.32 Å². The number of nitrogens with one attached hydrogen (secondary N) is 1. The van der Waals surface area contributed by atoms with Crippen molar-refractivity contribution in [1.29, 1.82) is 0 Å². The van der Waals surface area contributed by atoms with Gasteiger partial charge < -0.3 is 10.1 Å². The van der Waals surface area contributed by atoms with Gasteiger partial charge in [-0.25, -0.2) is 13.2 Å². The average molecular weight is 411 g/mol. The first-order chi connectivity index (χ1) is 13.2. The van der Waals surface area contributed by atoms with Crippen LogP contribution in [-0.4, -0.2) is 23.7 Å². The number of hydrogen-bond acceptors (Lipinski definition) is 4. The number of benzene rings is 2. The van der Waals surface area contributed by atoms with E-state index in [1.807, 2.05) is 0 Å². The Balaban J connectivity index is 2.28. The van der Waals surface area contributed by atoms with Crippen LogP contribution in [0.4, 0.5) is 18.9 Å². The second kappa shape index (κ2) is 9.64. The van der Waals surface area contributed by atoms with Crippen molar-refractivity contribution in [2.45, 2.75) is 30.9 Å². The van der Waals surface area contributed by atoms with Gasteiger partial charge in [0.25, 0.3) is 5.91 Å². The molecule has 150 valence electrons. The number of hydrogen-bond donors (Lipinski definition) is 1. The highest BCUT2D eigenvalue weighted by atomic mass is 32.2. The summed E-state index contributed by atoms with van der Waals surface area (Å²) in [5, 5.41) is 1.60. The highest BCUT2D eigenvalue weighted by Crippen LogP contribution is 2.34. The highest BCUT2D eigenvalue weighted by Gasteiger charge is 2.27. The van der Waals surface area contributed by atoms with Crippen molar-refractivity contribution in [3.8, 4) is 0 Å². The number of thioether (sulfide) groups is 1. The second-order valence-corrected chi connectivity index (χ2v) is 7.44. The van der Waals surface area contributed by atoms with E-state index in [-0.39, 0.29) is 28.7 Å². The maximum atomic E-state index is 14.2. The SMILES string of the molecule is CCOC(=O)C(Sc1cc(NC(=O)c2cccc(F)c2)c(F)cc1F)C(C)C. The summed E-state index contributed by atoms with van der Waals surface area (Å²) in [5.74, 6) is -3.87. The highest BCUT2D eigenvalue weighted by molar-refractivity contribution is 8.00. The summed E-state index contributed by atoms with van der Waals surface area (Å²) in [6, 6.07) is 6.63. The molecule has 0 fully saturated rings. The van der Waals surface area contributed by atoms with E-state index in [1.165, 1.54) is 18.2 Å². The molecule has 0 radical (unpaired) electrons. The third-order valence-corrected chi connectivity index (χ3v) is 5.29. The predicted molar refractivity (Wildman–Crippen MR) is 102 cm³/mol. The molecular weight excluding hydrogens is 391 g/mol. The third kappa shape index (κ3) is 5.51. The zero-order valence-corrected chi connectivity index (χ0v) is 16.4. The molecule has 0 saturated carbocycles. The van der Waals surface area contributed by atoms with Crippen molar-refractivity contribution >= 4 is 29.3 Å². The van der Waals surface area contributed by atoms with Crippen LogP contribution in [0.3, 0.4) is 0 Å². The molecule has 1 N–H and O–H groups in total. The van der Waals surface area contributed by atoms with Crippen LogP contribution in [0.25, 0.3) is 0 Å². The predicted octanol–water partition coefficient (Wildman–Crippen LogP) is 5.04. The largest absolute Gasteiger partial charge is 0.465 e. The Morgan fingerprint density at radius 3 is 2.43 bits per heavy atom. The van der Waals surface area contributed by atoms with Gasteiger partial charge in [-0.1, -0.05) is 19.9 Å². The molecule has 0 spiro atoms. The van der Waals surface area contributed by atoms with Crippen molar-refractivity contribution < 1.29 is 27.5 Å². The first kappa shape index (κ1) is 21.8. The Labute approximate surface area is 165 Å². The fraction of sp³-hybridized carbons (Fsp3) is 0.300. The molecule has 28 heavy (non-hydrogen) atoms. The molecule has 2 aromatic rings. The molecule has 2 aromatic carbocycles. The lowest BCUT2D eigenvalue weighted by Gasteiger charge is -2.19. The van der Waals surface area contributed by atoms with Crippen LogP contribution in [0.2, 0.25) is 0 Å². The summed E-state index contributed by atoms with van der Waals surface area (Å²) in [7, 11) is 0. The smallest absolute Gasteiger partial charge is 0.319 e. The van der Waals surface area contributed by atoms with Crippen LogP contribution in [-0.2, 0) is 9.53 Å². The Bertz CT molecular complexity index is 874. The number of anilines is 1. The van der Waals surface area contributed by atoms with Crippen LogP contribution >= 0.6 is 11.8 Å². The number of halogens is 3. The van der Waals surface area contributed by atoms with E-state index in [0.29, 0.717) is 6.07 Å². The second-order valence-electron chi connectivity index (χ2n) is 6.26. The summed E-state index contributed by atoms with van der Waals surface area (Å²) in [6.07, 6.45) is 0. The van der Waals surface area contributed by atoms with Gasteiger partial charge in [0, 0.05) is 16.5 Å². The summed E-state index contributed by atoms with van der Waals surface area (Å²) in [4.78, 5) is 24.3. The normalized spacial score (nSPS) is 12.0. The quantitative estimate of drug-likeness (QED) is 0.513. The Morgan fingerprint density at radius 2 is 1.82 bits per heavy atom. The standard InChI is InChI=1S/C20H20F3NO3S/c1-4-27-20(26)18(11(2)3)28-17-10-16(14(22)9-15(17)23)24-19(25)12-6-5-7-13(21)8-12/h5-11,18H,4H2,1-3H3,(H,24,25). The number of ether oxygens (including phenoxy) is 1. The third-order valence-electron chi connectivity index (χ3n) is 3.73. The van der Waals surface area contributed by atoms with Crippen LogP contribution in [0.1, 0.15) is 31.1 Å². The van der Waals surface area contributed by atoms with Crippen LogP contribution in [0, 0.1) is 23.4 Å². The molecule has 0 aliphatic carbocycles. The summed E-state index contributed by atoms with van der Waals surface area (Å²) < 4.78 is 46.6. The minimum absolute atomic E-state index is 0.00971. The van der Waals surface area contributed by atoms with E-state index in [9.17, 15) is 22.8 Å². The Hall–Kier alpha value is -2.48. The van der Waals surface area contributed by atoms with Crippen molar-refractivity contribution in [1.82, 2.24) is 0 Å². The van der Waals surface area contributed by atoms with E-state index < -0.39 is 34.6 Å². The topological polar surface area (TPSA) is 55.4 Å². The van der Waals surface area contributed by atoms with E-state index >= 15 is 0 Å². The minimum Gasteiger partial charge on any atom is -0.465 e. The van der Waals surface area contributed by atoms with Crippen molar-refractivity contribution in [2.24, 2.45) is 5.92 Å². The van der Waals surface area contributed by atoms with Crippen LogP contribution < -0.4 is 5.32 Å². The van der Waals surface area contributed by atoms with Gasteiger partial charge >= 0.3 is 5.97 Å². The number of carbonyl (C=O) groups excluding carboxylic acids is 2. The fourth-order valence-electron chi connectivity index (χ4n) is 2.36. The van der Waals surface area contributed by atoms with Crippen molar-refractivity contribution in [2.75, 3.05) is 11.9 Å². The maximum Gasteiger partial charge on any atom is 0.319 e. The van der Waals surface area contributed by atoms with E-state index in [0.717, 1.165) is 23.9 Å². The lowest BCUT2D eigenvalue weighted by atomic mass is 10.1. The summed E-state index contributed by atoms with van der Waals surface area (Å²) in [6.45, 7) is 5.41. The molecule has 8 heteroatoms. The minimum atomic E-state index is -0.983. The molecule has 0 aliphatic heterocycles. The number of esters is 1.